The van der Waals surface area contributed by atoms with E-state index in [9.17, 15) is 9.59 Å². The maximum atomic E-state index is 12.1. The Kier molecular flexibility index (Phi) is 7.35. The first-order valence-corrected chi connectivity index (χ1v) is 12.7. The van der Waals surface area contributed by atoms with Crippen LogP contribution in [0.15, 0.2) is 54.6 Å². The molecule has 2 aromatic carbocycles. The van der Waals surface area contributed by atoms with E-state index in [1.807, 2.05) is 65.0 Å². The van der Waals surface area contributed by atoms with Crippen LogP contribution in [0.5, 0.6) is 0 Å². The highest BCUT2D eigenvalue weighted by Crippen LogP contribution is 2.37. The molecule has 8 heteroatoms. The molecule has 1 amide bonds. The van der Waals surface area contributed by atoms with Crippen molar-refractivity contribution in [3.05, 3.63) is 71.4 Å². The topological polar surface area (TPSA) is 92.8 Å². The van der Waals surface area contributed by atoms with E-state index in [-0.39, 0.29) is 12.4 Å². The molecule has 1 aliphatic heterocycles. The molecule has 4 rings (SSSR count). The van der Waals surface area contributed by atoms with E-state index in [0.29, 0.717) is 18.6 Å². The first kappa shape index (κ1) is 26.7. The number of hydrogen-bond acceptors (Lipinski definition) is 5. The molecular formula is C29H35BN2O5. The van der Waals surface area contributed by atoms with Gasteiger partial charge in [0.15, 0.2) is 0 Å². The molecule has 0 saturated carbocycles. The molecule has 2 N–H and O–H groups in total. The van der Waals surface area contributed by atoms with Crippen molar-refractivity contribution in [1.29, 1.82) is 0 Å². The molecular weight excluding hydrogens is 467 g/mol. The summed E-state index contributed by atoms with van der Waals surface area (Å²) in [7, 11) is -0.436. The normalized spacial score (nSPS) is 16.1. The van der Waals surface area contributed by atoms with Crippen molar-refractivity contribution in [2.24, 2.45) is 5.73 Å². The second-order valence-electron chi connectivity index (χ2n) is 10.4. The minimum absolute atomic E-state index is 0.232. The molecule has 2 heterocycles. The number of primary amides is 1. The Morgan fingerprint density at radius 3 is 2.19 bits per heavy atom. The lowest BCUT2D eigenvalue weighted by Crippen LogP contribution is -2.41. The van der Waals surface area contributed by atoms with Gasteiger partial charge in [0.2, 0.25) is 5.91 Å². The highest BCUT2D eigenvalue weighted by Gasteiger charge is 2.51. The summed E-state index contributed by atoms with van der Waals surface area (Å²) in [5.41, 5.74) is 10.8. The van der Waals surface area contributed by atoms with E-state index < -0.39 is 24.2 Å². The lowest BCUT2D eigenvalue weighted by atomic mass is 9.79. The fourth-order valence-electron chi connectivity index (χ4n) is 4.50. The quantitative estimate of drug-likeness (QED) is 0.365. The van der Waals surface area contributed by atoms with E-state index in [1.54, 1.807) is 19.1 Å². The van der Waals surface area contributed by atoms with Gasteiger partial charge in [-0.3, -0.25) is 9.59 Å². The van der Waals surface area contributed by atoms with Crippen LogP contribution in [0.2, 0.25) is 0 Å². The van der Waals surface area contributed by atoms with Crippen LogP contribution >= 0.6 is 0 Å². The summed E-state index contributed by atoms with van der Waals surface area (Å²) in [5.74, 6) is -0.701. The number of carbonyl (C=O) groups is 2. The average Bonchev–Trinajstić information content (AvgIpc) is 3.35. The number of benzene rings is 2. The Bertz CT molecular complexity index is 1290. The monoisotopic (exact) mass is 502 g/mol. The van der Waals surface area contributed by atoms with Crippen LogP contribution in [0.1, 0.15) is 62.7 Å². The van der Waals surface area contributed by atoms with Crippen molar-refractivity contribution < 1.29 is 23.6 Å². The molecule has 1 aromatic heterocycles. The molecule has 0 atom stereocenters. The van der Waals surface area contributed by atoms with Crippen molar-refractivity contribution in [3.8, 4) is 16.9 Å². The van der Waals surface area contributed by atoms with Gasteiger partial charge in [-0.05, 0) is 94.9 Å². The van der Waals surface area contributed by atoms with Gasteiger partial charge in [0.05, 0.1) is 29.9 Å². The van der Waals surface area contributed by atoms with Crippen LogP contribution in [0.4, 0.5) is 0 Å². The van der Waals surface area contributed by atoms with Gasteiger partial charge in [-0.25, -0.2) is 0 Å². The largest absolute Gasteiger partial charge is 0.494 e. The average molecular weight is 502 g/mol. The third-order valence-electron chi connectivity index (χ3n) is 7.31. The first-order chi connectivity index (χ1) is 17.4. The summed E-state index contributed by atoms with van der Waals surface area (Å²) in [6.07, 6.45) is 0.790. The molecule has 3 aromatic rings. The van der Waals surface area contributed by atoms with Gasteiger partial charge in [0.25, 0.3) is 0 Å². The number of amides is 1. The Morgan fingerprint density at radius 1 is 0.973 bits per heavy atom. The zero-order valence-electron chi connectivity index (χ0n) is 22.5. The minimum atomic E-state index is -0.469. The second kappa shape index (κ2) is 10.2. The SMILES string of the molecule is CCOC(=O)CCc1ccc(-c2ccc(B3OC(C)(C)C(C)(C)O3)cc2)n1-c1ccc(C(N)=O)cc1C. The number of ether oxygens (including phenoxy) is 1. The van der Waals surface area contributed by atoms with E-state index in [2.05, 4.69) is 16.7 Å². The number of hydrogen-bond donors (Lipinski definition) is 1. The summed E-state index contributed by atoms with van der Waals surface area (Å²) in [6, 6.07) is 17.6. The van der Waals surface area contributed by atoms with Gasteiger partial charge in [0.1, 0.15) is 0 Å². The van der Waals surface area contributed by atoms with Gasteiger partial charge in [0, 0.05) is 16.9 Å². The van der Waals surface area contributed by atoms with E-state index in [1.165, 1.54) is 0 Å². The van der Waals surface area contributed by atoms with E-state index >= 15 is 0 Å². The second-order valence-corrected chi connectivity index (χ2v) is 10.4. The molecule has 0 bridgehead atoms. The first-order valence-electron chi connectivity index (χ1n) is 12.7. The maximum absolute atomic E-state index is 12.1. The molecule has 0 spiro atoms. The molecule has 0 unspecified atom stereocenters. The zero-order chi connectivity index (χ0) is 27.0. The Morgan fingerprint density at radius 2 is 1.62 bits per heavy atom. The van der Waals surface area contributed by atoms with Crippen molar-refractivity contribution >= 4 is 24.5 Å². The summed E-state index contributed by atoms with van der Waals surface area (Å²) >= 11 is 0. The van der Waals surface area contributed by atoms with Crippen LogP contribution in [-0.4, -0.2) is 41.4 Å². The third kappa shape index (κ3) is 5.36. The number of carbonyl (C=O) groups excluding carboxylic acids is 2. The summed E-state index contributed by atoms with van der Waals surface area (Å²) in [4.78, 5) is 23.8. The third-order valence-corrected chi connectivity index (χ3v) is 7.31. The van der Waals surface area contributed by atoms with Crippen LogP contribution in [-0.2, 0) is 25.3 Å². The molecule has 1 aliphatic rings. The fraction of sp³-hybridized carbons (Fsp3) is 0.379. The van der Waals surface area contributed by atoms with Crippen molar-refractivity contribution in [2.45, 2.75) is 65.6 Å². The van der Waals surface area contributed by atoms with Gasteiger partial charge in [-0.15, -0.1) is 0 Å². The Labute approximate surface area is 219 Å². The number of nitrogens with zero attached hydrogens (tertiary/aromatic N) is 1. The van der Waals surface area contributed by atoms with Gasteiger partial charge in [-0.2, -0.15) is 0 Å². The molecule has 0 aliphatic carbocycles. The summed E-state index contributed by atoms with van der Waals surface area (Å²) in [5, 5.41) is 0. The van der Waals surface area contributed by atoms with Gasteiger partial charge < -0.3 is 24.3 Å². The summed E-state index contributed by atoms with van der Waals surface area (Å²) < 4.78 is 19.7. The molecule has 1 saturated heterocycles. The van der Waals surface area contributed by atoms with Crippen molar-refractivity contribution in [1.82, 2.24) is 4.57 Å². The van der Waals surface area contributed by atoms with Crippen LogP contribution in [0.25, 0.3) is 16.9 Å². The zero-order valence-corrected chi connectivity index (χ0v) is 22.5. The predicted octanol–water partition coefficient (Wildman–Crippen LogP) is 4.35. The highest BCUT2D eigenvalue weighted by atomic mass is 16.7. The van der Waals surface area contributed by atoms with Crippen molar-refractivity contribution in [2.75, 3.05) is 6.61 Å². The standard InChI is InChI=1S/C29H35BN2O5/c1-7-35-26(33)17-14-23-13-16-25(32(23)24-15-10-21(27(31)34)18-19(24)2)20-8-11-22(12-9-20)30-36-28(3,4)29(5,6)37-30/h8-13,15-16,18H,7,14,17H2,1-6H3,(H2,31,34). The van der Waals surface area contributed by atoms with E-state index in [4.69, 9.17) is 19.8 Å². The highest BCUT2D eigenvalue weighted by molar-refractivity contribution is 6.62. The predicted molar refractivity (Wildman–Crippen MR) is 145 cm³/mol. The van der Waals surface area contributed by atoms with Gasteiger partial charge in [-0.1, -0.05) is 24.3 Å². The minimum Gasteiger partial charge on any atom is -0.466 e. The van der Waals surface area contributed by atoms with Crippen LogP contribution in [0.3, 0.4) is 0 Å². The fourth-order valence-corrected chi connectivity index (χ4v) is 4.50. The Balaban J connectivity index is 1.71. The number of esters is 1. The van der Waals surface area contributed by atoms with E-state index in [0.717, 1.165) is 33.7 Å². The number of rotatable bonds is 8. The Hall–Kier alpha value is -3.36. The van der Waals surface area contributed by atoms with Crippen LogP contribution in [0, 0.1) is 6.92 Å². The maximum Gasteiger partial charge on any atom is 0.494 e. The lowest BCUT2D eigenvalue weighted by Gasteiger charge is -2.32. The number of aryl methyl sites for hydroxylation is 2. The lowest BCUT2D eigenvalue weighted by molar-refractivity contribution is -0.143. The smallest absolute Gasteiger partial charge is 0.466 e. The molecule has 194 valence electrons. The molecule has 7 nitrogen and oxygen atoms in total. The molecule has 0 radical (unpaired) electrons. The molecule has 37 heavy (non-hydrogen) atoms. The summed E-state index contributed by atoms with van der Waals surface area (Å²) in [6.45, 7) is 12.3. The van der Waals surface area contributed by atoms with Crippen LogP contribution < -0.4 is 11.2 Å². The number of nitrogens with two attached hydrogens (primary N) is 1. The number of aromatic nitrogens is 1. The molecule has 1 fully saturated rings. The van der Waals surface area contributed by atoms with Gasteiger partial charge >= 0.3 is 13.1 Å². The van der Waals surface area contributed by atoms with Crippen molar-refractivity contribution in [3.63, 3.8) is 0 Å².